The van der Waals surface area contributed by atoms with Crippen LogP contribution in [0.1, 0.15) is 40.0 Å². The van der Waals surface area contributed by atoms with Crippen LogP contribution in [0.5, 0.6) is 0 Å². The minimum Gasteiger partial charge on any atom is -0.372 e. The Morgan fingerprint density at radius 2 is 1.87 bits per heavy atom. The fourth-order valence-electron chi connectivity index (χ4n) is 2.69. The highest BCUT2D eigenvalue weighted by atomic mass is 15.2. The topological polar surface area (TPSA) is 15.3 Å². The molecule has 15 heavy (non-hydrogen) atoms. The van der Waals surface area contributed by atoms with E-state index in [9.17, 15) is 0 Å². The zero-order valence-corrected chi connectivity index (χ0v) is 10.3. The summed E-state index contributed by atoms with van der Waals surface area (Å²) in [6.07, 6.45) is 8.63. The standard InChI is InChI=1S/C13H24N2/c1-12(2,3)15-10-4-5-13(11-15)6-8-14-9-7-13/h4,10,14H,5-9,11H2,1-3H3. The van der Waals surface area contributed by atoms with Crippen molar-refractivity contribution in [3.05, 3.63) is 12.3 Å². The number of hydrogen-bond donors (Lipinski definition) is 1. The number of allylic oxidation sites excluding steroid dienone is 1. The van der Waals surface area contributed by atoms with Gasteiger partial charge in [0, 0.05) is 12.1 Å². The van der Waals surface area contributed by atoms with Crippen molar-refractivity contribution in [2.24, 2.45) is 5.41 Å². The average molecular weight is 208 g/mol. The van der Waals surface area contributed by atoms with E-state index in [0.717, 1.165) is 0 Å². The minimum absolute atomic E-state index is 0.273. The van der Waals surface area contributed by atoms with Gasteiger partial charge in [0.05, 0.1) is 0 Å². The summed E-state index contributed by atoms with van der Waals surface area (Å²) < 4.78 is 0. The lowest BCUT2D eigenvalue weighted by Crippen LogP contribution is -2.50. The maximum absolute atomic E-state index is 3.47. The van der Waals surface area contributed by atoms with Crippen molar-refractivity contribution < 1.29 is 0 Å². The van der Waals surface area contributed by atoms with E-state index in [2.05, 4.69) is 43.3 Å². The van der Waals surface area contributed by atoms with Crippen molar-refractivity contribution >= 4 is 0 Å². The van der Waals surface area contributed by atoms with E-state index in [0.29, 0.717) is 5.41 Å². The molecule has 0 aromatic carbocycles. The van der Waals surface area contributed by atoms with Gasteiger partial charge in [-0.25, -0.2) is 0 Å². The third-order valence-corrected chi connectivity index (χ3v) is 3.87. The molecule has 0 bridgehead atoms. The molecule has 1 N–H and O–H groups in total. The highest BCUT2D eigenvalue weighted by molar-refractivity contribution is 5.04. The predicted octanol–water partition coefficient (Wildman–Crippen LogP) is 2.37. The van der Waals surface area contributed by atoms with Gasteiger partial charge in [-0.3, -0.25) is 0 Å². The van der Waals surface area contributed by atoms with Crippen molar-refractivity contribution in [3.8, 4) is 0 Å². The first kappa shape index (κ1) is 11.0. The molecule has 0 radical (unpaired) electrons. The second-order valence-electron chi connectivity index (χ2n) is 6.14. The van der Waals surface area contributed by atoms with Crippen LogP contribution in [0.2, 0.25) is 0 Å². The molecule has 0 amide bonds. The quantitative estimate of drug-likeness (QED) is 0.657. The third-order valence-electron chi connectivity index (χ3n) is 3.87. The Morgan fingerprint density at radius 1 is 1.20 bits per heavy atom. The molecular formula is C13H24N2. The second kappa shape index (κ2) is 3.82. The Balaban J connectivity index is 2.09. The lowest BCUT2D eigenvalue weighted by molar-refractivity contribution is 0.0776. The molecular weight excluding hydrogens is 184 g/mol. The van der Waals surface area contributed by atoms with Crippen molar-refractivity contribution in [2.75, 3.05) is 19.6 Å². The van der Waals surface area contributed by atoms with E-state index in [1.807, 2.05) is 0 Å². The van der Waals surface area contributed by atoms with Crippen LogP contribution in [-0.2, 0) is 0 Å². The largest absolute Gasteiger partial charge is 0.372 e. The summed E-state index contributed by atoms with van der Waals surface area (Å²) in [5.74, 6) is 0. The molecule has 1 fully saturated rings. The highest BCUT2D eigenvalue weighted by Crippen LogP contribution is 2.38. The third kappa shape index (κ3) is 2.36. The Labute approximate surface area is 93.7 Å². The zero-order valence-electron chi connectivity index (χ0n) is 10.3. The van der Waals surface area contributed by atoms with E-state index in [4.69, 9.17) is 0 Å². The number of nitrogens with zero attached hydrogens (tertiary/aromatic N) is 1. The Kier molecular flexibility index (Phi) is 2.80. The molecule has 1 spiro atoms. The van der Waals surface area contributed by atoms with Crippen LogP contribution in [-0.4, -0.2) is 30.1 Å². The van der Waals surface area contributed by atoms with Crippen LogP contribution >= 0.6 is 0 Å². The van der Waals surface area contributed by atoms with E-state index in [-0.39, 0.29) is 5.54 Å². The molecule has 2 heteroatoms. The number of nitrogens with one attached hydrogen (secondary N) is 1. The maximum Gasteiger partial charge on any atom is 0.0312 e. The normalized spacial score (nSPS) is 25.9. The number of rotatable bonds is 0. The molecule has 2 aliphatic heterocycles. The van der Waals surface area contributed by atoms with Crippen LogP contribution in [0, 0.1) is 5.41 Å². The molecule has 0 aromatic heterocycles. The molecule has 0 aromatic rings. The van der Waals surface area contributed by atoms with Crippen LogP contribution in [0.25, 0.3) is 0 Å². The number of hydrogen-bond acceptors (Lipinski definition) is 2. The van der Waals surface area contributed by atoms with E-state index >= 15 is 0 Å². The molecule has 2 heterocycles. The molecule has 0 saturated carbocycles. The fraction of sp³-hybridized carbons (Fsp3) is 0.846. The minimum atomic E-state index is 0.273. The summed E-state index contributed by atoms with van der Waals surface area (Å²) in [7, 11) is 0. The average Bonchev–Trinajstić information content (AvgIpc) is 2.18. The molecule has 0 aliphatic carbocycles. The van der Waals surface area contributed by atoms with Gasteiger partial charge < -0.3 is 10.2 Å². The molecule has 86 valence electrons. The molecule has 0 atom stereocenters. The summed E-state index contributed by atoms with van der Waals surface area (Å²) in [6.45, 7) is 10.6. The Bertz CT molecular complexity index is 244. The first-order chi connectivity index (χ1) is 7.02. The van der Waals surface area contributed by atoms with Crippen molar-refractivity contribution in [1.29, 1.82) is 0 Å². The smallest absolute Gasteiger partial charge is 0.0312 e. The first-order valence-electron chi connectivity index (χ1n) is 6.16. The Hall–Kier alpha value is -0.500. The lowest BCUT2D eigenvalue weighted by Gasteiger charge is -2.48. The monoisotopic (exact) mass is 208 g/mol. The molecule has 2 nitrogen and oxygen atoms in total. The summed E-state index contributed by atoms with van der Waals surface area (Å²) in [4.78, 5) is 2.52. The van der Waals surface area contributed by atoms with Gasteiger partial charge in [0.25, 0.3) is 0 Å². The van der Waals surface area contributed by atoms with Gasteiger partial charge in [-0.05, 0) is 64.7 Å². The van der Waals surface area contributed by atoms with E-state index < -0.39 is 0 Å². The van der Waals surface area contributed by atoms with Gasteiger partial charge in [0.1, 0.15) is 0 Å². The van der Waals surface area contributed by atoms with Gasteiger partial charge in [0.2, 0.25) is 0 Å². The highest BCUT2D eigenvalue weighted by Gasteiger charge is 2.36. The van der Waals surface area contributed by atoms with Crippen molar-refractivity contribution in [1.82, 2.24) is 10.2 Å². The van der Waals surface area contributed by atoms with Gasteiger partial charge in [-0.1, -0.05) is 6.08 Å². The summed E-state index contributed by atoms with van der Waals surface area (Å²) in [6, 6.07) is 0. The van der Waals surface area contributed by atoms with Gasteiger partial charge in [0.15, 0.2) is 0 Å². The van der Waals surface area contributed by atoms with E-state index in [1.54, 1.807) is 0 Å². The van der Waals surface area contributed by atoms with Gasteiger partial charge in [-0.2, -0.15) is 0 Å². The molecule has 0 unspecified atom stereocenters. The zero-order chi connectivity index (χ0) is 10.9. The van der Waals surface area contributed by atoms with Crippen LogP contribution in [0.15, 0.2) is 12.3 Å². The fourth-order valence-corrected chi connectivity index (χ4v) is 2.69. The van der Waals surface area contributed by atoms with Gasteiger partial charge >= 0.3 is 0 Å². The summed E-state index contributed by atoms with van der Waals surface area (Å²) in [5.41, 5.74) is 0.835. The van der Waals surface area contributed by atoms with Crippen molar-refractivity contribution in [3.63, 3.8) is 0 Å². The van der Waals surface area contributed by atoms with Crippen molar-refractivity contribution in [2.45, 2.75) is 45.6 Å². The summed E-state index contributed by atoms with van der Waals surface area (Å²) in [5, 5.41) is 3.47. The van der Waals surface area contributed by atoms with Gasteiger partial charge in [-0.15, -0.1) is 0 Å². The number of piperidine rings is 1. The second-order valence-corrected chi connectivity index (χ2v) is 6.14. The first-order valence-corrected chi connectivity index (χ1v) is 6.16. The summed E-state index contributed by atoms with van der Waals surface area (Å²) >= 11 is 0. The predicted molar refractivity (Wildman–Crippen MR) is 64.8 cm³/mol. The molecule has 2 aliphatic rings. The van der Waals surface area contributed by atoms with Crippen LogP contribution in [0.3, 0.4) is 0 Å². The lowest BCUT2D eigenvalue weighted by atomic mass is 9.74. The van der Waals surface area contributed by atoms with Crippen LogP contribution in [0.4, 0.5) is 0 Å². The Morgan fingerprint density at radius 3 is 2.47 bits per heavy atom. The SMILES string of the molecule is CC(C)(C)N1C=CCC2(CCNCC2)C1. The van der Waals surface area contributed by atoms with E-state index in [1.165, 1.54) is 38.9 Å². The molecule has 1 saturated heterocycles. The van der Waals surface area contributed by atoms with Crippen LogP contribution < -0.4 is 5.32 Å². The molecule has 2 rings (SSSR count). The maximum atomic E-state index is 3.47.